The summed E-state index contributed by atoms with van der Waals surface area (Å²) in [4.78, 5) is 16.7. The van der Waals surface area contributed by atoms with E-state index >= 15 is 0 Å². The van der Waals surface area contributed by atoms with E-state index in [0.717, 1.165) is 0 Å². The van der Waals surface area contributed by atoms with E-state index in [9.17, 15) is 9.90 Å². The lowest BCUT2D eigenvalue weighted by atomic mass is 10.1. The Morgan fingerprint density at radius 3 is 2.83 bits per heavy atom. The van der Waals surface area contributed by atoms with E-state index in [2.05, 4.69) is 11.7 Å². The summed E-state index contributed by atoms with van der Waals surface area (Å²) in [5, 5.41) is 13.6. The zero-order chi connectivity index (χ0) is 13.5. The molecule has 0 saturated heterocycles. The normalized spacial score (nSPS) is 11.3. The highest BCUT2D eigenvalue weighted by Crippen LogP contribution is 2.17. The first-order chi connectivity index (χ1) is 8.63. The SMILES string of the molecule is C=CCO/N=C(\CC)c1c(O)cc(CC)oc1=O. The van der Waals surface area contributed by atoms with Crippen LogP contribution in [0.15, 0.2) is 33.1 Å². The molecule has 0 aliphatic rings. The summed E-state index contributed by atoms with van der Waals surface area (Å²) in [6.07, 6.45) is 2.52. The van der Waals surface area contributed by atoms with Gasteiger partial charge in [0, 0.05) is 12.5 Å². The van der Waals surface area contributed by atoms with Crippen LogP contribution in [0.3, 0.4) is 0 Å². The molecule has 1 heterocycles. The third kappa shape index (κ3) is 3.23. The number of aryl methyl sites for hydroxylation is 1. The van der Waals surface area contributed by atoms with Crippen LogP contribution in [-0.4, -0.2) is 17.4 Å². The Bertz CT molecular complexity index is 502. The van der Waals surface area contributed by atoms with Crippen molar-refractivity contribution in [3.63, 3.8) is 0 Å². The summed E-state index contributed by atoms with van der Waals surface area (Å²) in [6, 6.07) is 1.43. The Morgan fingerprint density at radius 1 is 1.61 bits per heavy atom. The molecule has 0 spiro atoms. The van der Waals surface area contributed by atoms with E-state index in [1.54, 1.807) is 6.08 Å². The van der Waals surface area contributed by atoms with E-state index < -0.39 is 5.63 Å². The molecule has 18 heavy (non-hydrogen) atoms. The number of nitrogens with zero attached hydrogens (tertiary/aromatic N) is 1. The van der Waals surface area contributed by atoms with Gasteiger partial charge in [0.1, 0.15) is 23.7 Å². The molecule has 0 atom stereocenters. The van der Waals surface area contributed by atoms with Gasteiger partial charge in [0.15, 0.2) is 0 Å². The van der Waals surface area contributed by atoms with Crippen LogP contribution in [0.1, 0.15) is 31.6 Å². The Labute approximate surface area is 105 Å². The van der Waals surface area contributed by atoms with Gasteiger partial charge in [-0.15, -0.1) is 0 Å². The fourth-order valence-electron chi connectivity index (χ4n) is 1.42. The lowest BCUT2D eigenvalue weighted by Gasteiger charge is -2.06. The lowest BCUT2D eigenvalue weighted by molar-refractivity contribution is 0.174. The average Bonchev–Trinajstić information content (AvgIpc) is 2.35. The number of hydrogen-bond donors (Lipinski definition) is 1. The summed E-state index contributed by atoms with van der Waals surface area (Å²) in [6.45, 7) is 7.37. The van der Waals surface area contributed by atoms with Crippen LogP contribution < -0.4 is 5.63 Å². The third-order valence-corrected chi connectivity index (χ3v) is 2.32. The first kappa shape index (κ1) is 14.0. The van der Waals surface area contributed by atoms with Gasteiger partial charge in [-0.1, -0.05) is 31.7 Å². The molecule has 1 aromatic rings. The predicted octanol–water partition coefficient (Wildman–Crippen LogP) is 2.22. The van der Waals surface area contributed by atoms with Crippen LogP contribution in [0.4, 0.5) is 0 Å². The van der Waals surface area contributed by atoms with Gasteiger partial charge in [-0.05, 0) is 6.42 Å². The fourth-order valence-corrected chi connectivity index (χ4v) is 1.42. The van der Waals surface area contributed by atoms with Crippen LogP contribution in [-0.2, 0) is 11.3 Å². The van der Waals surface area contributed by atoms with Crippen molar-refractivity contribution in [3.8, 4) is 5.75 Å². The highest BCUT2D eigenvalue weighted by atomic mass is 16.6. The summed E-state index contributed by atoms with van der Waals surface area (Å²) >= 11 is 0. The van der Waals surface area contributed by atoms with Crippen molar-refractivity contribution in [1.82, 2.24) is 0 Å². The van der Waals surface area contributed by atoms with E-state index in [1.165, 1.54) is 6.07 Å². The van der Waals surface area contributed by atoms with Crippen LogP contribution in [0.5, 0.6) is 5.75 Å². The van der Waals surface area contributed by atoms with E-state index in [-0.39, 0.29) is 17.9 Å². The second-order valence-electron chi connectivity index (χ2n) is 3.59. The topological polar surface area (TPSA) is 72.0 Å². The largest absolute Gasteiger partial charge is 0.507 e. The van der Waals surface area contributed by atoms with Crippen molar-refractivity contribution in [2.75, 3.05) is 6.61 Å². The highest BCUT2D eigenvalue weighted by Gasteiger charge is 2.16. The highest BCUT2D eigenvalue weighted by molar-refractivity contribution is 6.01. The van der Waals surface area contributed by atoms with E-state index in [1.807, 2.05) is 13.8 Å². The molecule has 0 radical (unpaired) electrons. The number of rotatable bonds is 6. The first-order valence-electron chi connectivity index (χ1n) is 5.80. The minimum absolute atomic E-state index is 0.0544. The maximum atomic E-state index is 11.8. The molecule has 1 rings (SSSR count). The molecule has 98 valence electrons. The Morgan fingerprint density at radius 2 is 2.33 bits per heavy atom. The van der Waals surface area contributed by atoms with Gasteiger partial charge >= 0.3 is 5.63 Å². The third-order valence-electron chi connectivity index (χ3n) is 2.32. The van der Waals surface area contributed by atoms with Crippen molar-refractivity contribution in [3.05, 3.63) is 40.5 Å². The maximum absolute atomic E-state index is 11.8. The van der Waals surface area contributed by atoms with Crippen LogP contribution in [0, 0.1) is 0 Å². The number of oxime groups is 1. The molecule has 5 nitrogen and oxygen atoms in total. The second kappa shape index (κ2) is 6.64. The van der Waals surface area contributed by atoms with Gasteiger partial charge in [-0.3, -0.25) is 0 Å². The molecule has 0 fully saturated rings. The van der Waals surface area contributed by atoms with Crippen LogP contribution in [0.2, 0.25) is 0 Å². The average molecular weight is 251 g/mol. The zero-order valence-corrected chi connectivity index (χ0v) is 10.6. The quantitative estimate of drug-likeness (QED) is 0.364. The molecule has 0 aromatic carbocycles. The van der Waals surface area contributed by atoms with E-state index in [0.29, 0.717) is 24.3 Å². The molecule has 0 amide bonds. The van der Waals surface area contributed by atoms with Gasteiger partial charge in [-0.2, -0.15) is 0 Å². The van der Waals surface area contributed by atoms with Gasteiger partial charge in [-0.25, -0.2) is 4.79 Å². The molecular formula is C13H17NO4. The summed E-state index contributed by atoms with van der Waals surface area (Å²) in [7, 11) is 0. The predicted molar refractivity (Wildman–Crippen MR) is 69.0 cm³/mol. The summed E-state index contributed by atoms with van der Waals surface area (Å²) in [5.41, 5.74) is -0.195. The van der Waals surface area contributed by atoms with Crippen LogP contribution in [0.25, 0.3) is 0 Å². The lowest BCUT2D eigenvalue weighted by Crippen LogP contribution is -2.15. The van der Waals surface area contributed by atoms with Gasteiger partial charge in [0.05, 0.1) is 5.71 Å². The zero-order valence-electron chi connectivity index (χ0n) is 10.6. The van der Waals surface area contributed by atoms with Crippen molar-refractivity contribution in [2.45, 2.75) is 26.7 Å². The minimum atomic E-state index is -0.602. The molecule has 5 heteroatoms. The molecule has 1 N–H and O–H groups in total. The standard InChI is InChI=1S/C13H17NO4/c1-4-7-17-14-10(6-3)12-11(15)8-9(5-2)18-13(12)16/h4,8,15H,1,5-7H2,2-3H3/b14-10+. The Hall–Kier alpha value is -2.04. The van der Waals surface area contributed by atoms with Crippen molar-refractivity contribution < 1.29 is 14.4 Å². The molecule has 0 unspecified atom stereocenters. The number of aromatic hydroxyl groups is 1. The molecule has 0 saturated carbocycles. The van der Waals surface area contributed by atoms with Crippen molar-refractivity contribution in [2.24, 2.45) is 5.16 Å². The van der Waals surface area contributed by atoms with E-state index in [4.69, 9.17) is 9.25 Å². The van der Waals surface area contributed by atoms with Gasteiger partial charge < -0.3 is 14.4 Å². The maximum Gasteiger partial charge on any atom is 0.349 e. The monoisotopic (exact) mass is 251 g/mol. The summed E-state index contributed by atoms with van der Waals surface area (Å²) < 4.78 is 5.06. The van der Waals surface area contributed by atoms with Gasteiger partial charge in [0.25, 0.3) is 0 Å². The Kier molecular flexibility index (Phi) is 5.17. The first-order valence-corrected chi connectivity index (χ1v) is 5.80. The molecule has 0 aliphatic carbocycles. The summed E-state index contributed by atoms with van der Waals surface area (Å²) in [5.74, 6) is 0.301. The van der Waals surface area contributed by atoms with Crippen LogP contribution >= 0.6 is 0 Å². The van der Waals surface area contributed by atoms with Crippen molar-refractivity contribution >= 4 is 5.71 Å². The molecule has 0 aliphatic heterocycles. The number of hydrogen-bond acceptors (Lipinski definition) is 5. The van der Waals surface area contributed by atoms with Gasteiger partial charge in [0.2, 0.25) is 0 Å². The second-order valence-corrected chi connectivity index (χ2v) is 3.59. The van der Waals surface area contributed by atoms with Crippen molar-refractivity contribution in [1.29, 1.82) is 0 Å². The Balaban J connectivity index is 3.17. The molecule has 1 aromatic heterocycles. The molecule has 0 bridgehead atoms. The fraction of sp³-hybridized carbons (Fsp3) is 0.385. The molecular weight excluding hydrogens is 234 g/mol. The minimum Gasteiger partial charge on any atom is -0.507 e. The smallest absolute Gasteiger partial charge is 0.349 e.